The van der Waals surface area contributed by atoms with Gasteiger partial charge in [-0.1, -0.05) is 189 Å². The molecule has 8 aliphatic rings. The Morgan fingerprint density at radius 3 is 0.912 bits per heavy atom. The van der Waals surface area contributed by atoms with E-state index < -0.39 is 56.6 Å². The number of nitrogens with zero attached hydrogens (tertiary/aromatic N) is 8. The van der Waals surface area contributed by atoms with Gasteiger partial charge in [0.05, 0.1) is 37.2 Å². The van der Waals surface area contributed by atoms with Crippen LogP contribution in [-0.2, 0) is 58.2 Å². The third-order valence-corrected chi connectivity index (χ3v) is 28.0. The van der Waals surface area contributed by atoms with Crippen LogP contribution in [0.25, 0.3) is 24.3 Å². The maximum atomic E-state index is 13.2. The van der Waals surface area contributed by atoms with E-state index >= 15 is 0 Å². The number of halogens is 3. The molecule has 4 saturated heterocycles. The van der Waals surface area contributed by atoms with Gasteiger partial charge in [-0.25, -0.2) is 44.8 Å². The topological polar surface area (TPSA) is 309 Å². The number of hydrogen-bond acceptors (Lipinski definition) is 22. The fourth-order valence-electron chi connectivity index (χ4n) is 18.2. The highest BCUT2D eigenvalue weighted by atomic mass is 35.5. The number of aliphatic hydroxyl groups excluding tert-OH is 1. The van der Waals surface area contributed by atoms with Crippen LogP contribution in [0, 0.1) is 23.7 Å². The molecule has 33 heteroatoms. The van der Waals surface area contributed by atoms with E-state index in [4.69, 9.17) is 18.4 Å². The maximum Gasteiger partial charge on any atom is 0.410 e. The lowest BCUT2D eigenvalue weighted by Gasteiger charge is -2.39. The summed E-state index contributed by atoms with van der Waals surface area (Å²) < 4.78 is 109. The van der Waals surface area contributed by atoms with E-state index in [1.165, 1.54) is 96.0 Å². The van der Waals surface area contributed by atoms with Crippen LogP contribution >= 0.6 is 37.2 Å². The van der Waals surface area contributed by atoms with E-state index in [0.717, 1.165) is 142 Å². The predicted molar refractivity (Wildman–Crippen MR) is 564 cm³/mol. The van der Waals surface area contributed by atoms with E-state index in [1.54, 1.807) is 0 Å². The van der Waals surface area contributed by atoms with Crippen molar-refractivity contribution in [1.82, 2.24) is 44.5 Å². The molecule has 12 rings (SSSR count). The highest BCUT2D eigenvalue weighted by Crippen LogP contribution is 2.48. The quantitative estimate of drug-likeness (QED) is 0.0295. The Balaban J connectivity index is 0.000000362. The van der Waals surface area contributed by atoms with Gasteiger partial charge in [-0.05, 0) is 254 Å². The number of sulfonamides is 1. The summed E-state index contributed by atoms with van der Waals surface area (Å²) in [6.07, 6.45) is 26.2. The van der Waals surface area contributed by atoms with Crippen LogP contribution < -0.4 is 10.5 Å². The molecular formula is C103H169Cl3N10O16S4. The molecule has 0 spiro atoms. The van der Waals surface area contributed by atoms with Crippen molar-refractivity contribution in [2.75, 3.05) is 148 Å². The first kappa shape index (κ1) is 122. The lowest BCUT2D eigenvalue weighted by Crippen LogP contribution is -2.50. The number of piperidine rings is 4. The van der Waals surface area contributed by atoms with Crippen LogP contribution in [-0.4, -0.2) is 309 Å². The minimum Gasteiger partial charge on any atom is -0.444 e. The molecule has 4 N–H and O–H groups in total. The van der Waals surface area contributed by atoms with Crippen molar-refractivity contribution in [3.63, 3.8) is 0 Å². The average molecular weight is 2040 g/mol. The first-order valence-electron chi connectivity index (χ1n) is 48.5. The summed E-state index contributed by atoms with van der Waals surface area (Å²) in [6.45, 7) is 46.8. The van der Waals surface area contributed by atoms with Gasteiger partial charge in [0.15, 0.2) is 0 Å². The predicted octanol–water partition coefficient (Wildman–Crippen LogP) is 17.4. The van der Waals surface area contributed by atoms with Crippen molar-refractivity contribution in [2.24, 2.45) is 28.8 Å². The van der Waals surface area contributed by atoms with Crippen LogP contribution in [0.2, 0.25) is 0 Å². The lowest BCUT2D eigenvalue weighted by atomic mass is 10.0. The van der Waals surface area contributed by atoms with Gasteiger partial charge in [-0.3, -0.25) is 4.18 Å². The van der Waals surface area contributed by atoms with Gasteiger partial charge in [-0.2, -0.15) is 8.42 Å². The highest BCUT2D eigenvalue weighted by molar-refractivity contribution is 7.91. The molecular weight excluding hydrogens is 1870 g/mol. The lowest BCUT2D eigenvalue weighted by molar-refractivity contribution is 0.00325. The molecule has 4 aromatic carbocycles. The number of ether oxygens (including phenoxy) is 3. The summed E-state index contributed by atoms with van der Waals surface area (Å²) in [5.74, 6) is 2.33. The monoisotopic (exact) mass is 2040 g/mol. The first-order valence-corrected chi connectivity index (χ1v) is 56.4. The van der Waals surface area contributed by atoms with Crippen LogP contribution in [0.15, 0.2) is 144 Å². The molecule has 4 heterocycles. The Morgan fingerprint density at radius 2 is 0.669 bits per heavy atom. The zero-order chi connectivity index (χ0) is 98.2. The fourth-order valence-corrected chi connectivity index (χ4v) is 19.9. The smallest absolute Gasteiger partial charge is 0.410 e. The minimum atomic E-state index is -3.42. The molecule has 8 atom stereocenters. The molecule has 26 nitrogen and oxygen atoms in total. The largest absolute Gasteiger partial charge is 0.444 e. The number of nitrogens with one attached hydrogen (secondary N) is 1. The molecule has 0 aromatic heterocycles. The van der Waals surface area contributed by atoms with Gasteiger partial charge in [-0.15, -0.1) is 37.2 Å². The first-order chi connectivity index (χ1) is 62.4. The van der Waals surface area contributed by atoms with E-state index in [1.807, 2.05) is 119 Å². The molecule has 4 aliphatic heterocycles. The molecule has 0 unspecified atom stereocenters. The molecule has 4 aliphatic carbocycles. The van der Waals surface area contributed by atoms with Crippen molar-refractivity contribution in [2.45, 2.75) is 266 Å². The van der Waals surface area contributed by atoms with Crippen molar-refractivity contribution in [3.05, 3.63) is 166 Å². The Kier molecular flexibility index (Phi) is 52.1. The Morgan fingerprint density at radius 1 is 0.412 bits per heavy atom. The number of nitrogens with two attached hydrogens (primary N) is 1. The number of likely N-dealkylation sites (tertiary alicyclic amines) is 4. The van der Waals surface area contributed by atoms with Crippen molar-refractivity contribution in [3.8, 4) is 0 Å². The van der Waals surface area contributed by atoms with E-state index in [2.05, 4.69) is 187 Å². The Hall–Kier alpha value is -6.04. The molecule has 4 saturated carbocycles. The summed E-state index contributed by atoms with van der Waals surface area (Å²) in [5, 5.41) is 17.4. The third-order valence-electron chi connectivity index (χ3n) is 25.4. The molecule has 136 heavy (non-hydrogen) atoms. The molecule has 772 valence electrons. The normalized spacial score (nSPS) is 21.9. The second-order valence-corrected chi connectivity index (χ2v) is 48.5. The Bertz CT molecular complexity index is 4630. The number of hydrogen-bond donors (Lipinski definition) is 3. The summed E-state index contributed by atoms with van der Waals surface area (Å²) in [4.78, 5) is 57.2. The van der Waals surface area contributed by atoms with Crippen molar-refractivity contribution >= 4 is 120 Å². The number of sulfone groups is 2. The van der Waals surface area contributed by atoms with Crippen LogP contribution in [0.5, 0.6) is 0 Å². The fraction of sp³-hybridized carbons (Fsp3) is 0.660. The molecule has 3 amide bonds. The SMILES string of the molecule is C/C(=C\c1ccccc1)[C@@H]1C[C@H]1N(C(=O)OC(C)(C)C)C1CCN(CCCS(C)(=O)=O)CC1.C/C(=C\c1ccccc1)[C@@H]1C[C@H]1N(C(=O)OC(C)(C)C)C1CCN(CCO)CC1.C/C(=C\c1ccccc1)[C@@H]1C[C@H]1N(C(=O)OC(C)(C)C)C1CCN(CCOS(C)(=O)=O)CC1.C/C(=C\c1ccccc1)[C@@H]1C[C@H]1NC1CCN(CCCS(C)(=O)=O)CC1.CCN(CC)CC.CS(N)(=O)=O.Cl.Cl.Cl. The van der Waals surface area contributed by atoms with Crippen LogP contribution in [0.3, 0.4) is 0 Å². The minimum absolute atomic E-state index is 0. The van der Waals surface area contributed by atoms with Crippen molar-refractivity contribution < 1.29 is 71.6 Å². The van der Waals surface area contributed by atoms with Gasteiger partial charge in [0.1, 0.15) is 36.5 Å². The molecule has 4 aromatic rings. The number of benzene rings is 4. The second-order valence-electron chi connectivity index (χ2n) is 40.7. The number of amides is 3. The van der Waals surface area contributed by atoms with E-state index in [0.29, 0.717) is 61.0 Å². The number of carbonyl (C=O) groups is 3. The van der Waals surface area contributed by atoms with E-state index in [-0.39, 0.29) is 111 Å². The number of primary sulfonamides is 1. The van der Waals surface area contributed by atoms with Gasteiger partial charge in [0, 0.05) is 131 Å². The van der Waals surface area contributed by atoms with Crippen molar-refractivity contribution in [1.29, 1.82) is 0 Å². The van der Waals surface area contributed by atoms with Gasteiger partial charge < -0.3 is 63.8 Å². The van der Waals surface area contributed by atoms with Gasteiger partial charge in [0.2, 0.25) is 10.0 Å². The Labute approximate surface area is 838 Å². The van der Waals surface area contributed by atoms with E-state index in [9.17, 15) is 53.2 Å². The summed E-state index contributed by atoms with van der Waals surface area (Å²) in [6, 6.07) is 43.8. The summed E-state index contributed by atoms with van der Waals surface area (Å²) in [5.41, 5.74) is 8.69. The zero-order valence-corrected chi connectivity index (χ0v) is 90.9. The molecule has 0 radical (unpaired) electrons. The summed E-state index contributed by atoms with van der Waals surface area (Å²) in [7, 11) is -12.3. The third kappa shape index (κ3) is 48.2. The maximum absolute atomic E-state index is 13.2. The average Bonchev–Trinajstić information content (AvgIpc) is 1.62. The number of carbonyl (C=O) groups excluding carboxylic acids is 3. The molecule has 0 bridgehead atoms. The highest BCUT2D eigenvalue weighted by Gasteiger charge is 2.52. The molecule has 8 fully saturated rings. The standard InChI is InChI=1S/C26H40N2O4S.C25H38N2O5S.C24H36N2O3.C21H32N2O2S.C6H15N.CH5NO2S.3ClH/c1-20(18-21-10-7-6-8-11-21)23-19-24(23)28(25(29)32-26(2,3)4)22-12-15-27(16-13-22)14-9-17-33(5,30)31;1-19(17-20-9-7-6-8-10-20)22-18-23(22)27(24(28)32-25(2,3)4)21-11-13-26(14-12-21)15-16-31-33(5,29)30;1-18(16-19-8-6-5-7-9-19)21-17-22(21)26(23(28)29-24(2,3)4)20-10-12-25(13-11-20)14-15-27;1-17(15-18-7-4-3-5-8-18)20-16-21(20)22-19-9-12-23(13-10-19)11-6-14-26(2,24)25;1-4-7(5-2)6-3;1-5(2,3)4;;;/h6-8,10-11,18,22-24H,9,12-17,19H2,1-5H3;6-10,17,21-23H,11-16,18H2,1-5H3;5-9,16,20-22,27H,10-15,17H2,1-4H3;3-5,7-8,15,19-22H,6,9-14,16H2,1-2H3;4-6H2,1-3H3;1H3,(H2,2,3,4);3*1H/b20-18+;19-17+;18-16+;17-15+;;;;;/t23-,24+;22-,23+;21-,22+;20-,21+;;;;;/m0000...../s1. The zero-order valence-electron chi connectivity index (χ0n) is 85.2. The summed E-state index contributed by atoms with van der Waals surface area (Å²) >= 11 is 0. The van der Waals surface area contributed by atoms with Crippen LogP contribution in [0.1, 0.15) is 223 Å². The van der Waals surface area contributed by atoms with Gasteiger partial charge in [0.25, 0.3) is 10.1 Å². The second kappa shape index (κ2) is 57.9. The number of aliphatic hydroxyl groups is 1. The number of β-amino-alcohol motifs (C(OH)–C–C–N with tert-alkyl or cyclic N) is 1. The van der Waals surface area contributed by atoms with Crippen LogP contribution in [0.4, 0.5) is 14.4 Å². The van der Waals surface area contributed by atoms with Gasteiger partial charge >= 0.3 is 18.3 Å². The number of rotatable bonds is 33.